The molecule has 2 rings (SSSR count). The fourth-order valence-corrected chi connectivity index (χ4v) is 2.23. The van der Waals surface area contributed by atoms with E-state index in [-0.39, 0.29) is 22.4 Å². The van der Waals surface area contributed by atoms with E-state index in [1.807, 2.05) is 20.8 Å². The van der Waals surface area contributed by atoms with Crippen LogP contribution in [0.5, 0.6) is 0 Å². The minimum absolute atomic E-state index is 0.116. The third-order valence-electron chi connectivity index (χ3n) is 3.13. The molecule has 0 aromatic carbocycles. The SMILES string of the molecule is CC(C)(C)c1cc(C(=O)N2CCCC2=O)cc(Cl)n1. The highest BCUT2D eigenvalue weighted by atomic mass is 35.5. The smallest absolute Gasteiger partial charge is 0.260 e. The van der Waals surface area contributed by atoms with Gasteiger partial charge < -0.3 is 0 Å². The molecular formula is C14H17ClN2O2. The summed E-state index contributed by atoms with van der Waals surface area (Å²) in [6, 6.07) is 3.24. The Kier molecular flexibility index (Phi) is 3.63. The van der Waals surface area contributed by atoms with Crippen LogP contribution in [0.15, 0.2) is 12.1 Å². The summed E-state index contributed by atoms with van der Waals surface area (Å²) in [4.78, 5) is 29.5. The zero-order valence-electron chi connectivity index (χ0n) is 11.4. The van der Waals surface area contributed by atoms with Crippen molar-refractivity contribution in [2.45, 2.75) is 39.0 Å². The van der Waals surface area contributed by atoms with E-state index in [9.17, 15) is 9.59 Å². The van der Waals surface area contributed by atoms with Crippen molar-refractivity contribution in [3.05, 3.63) is 28.5 Å². The molecule has 4 nitrogen and oxygen atoms in total. The monoisotopic (exact) mass is 280 g/mol. The maximum absolute atomic E-state index is 12.3. The van der Waals surface area contributed by atoms with Crippen LogP contribution in [0.2, 0.25) is 5.15 Å². The summed E-state index contributed by atoms with van der Waals surface area (Å²) in [5.41, 5.74) is 0.977. The molecule has 1 fully saturated rings. The number of pyridine rings is 1. The number of amides is 2. The Morgan fingerprint density at radius 2 is 2.05 bits per heavy atom. The lowest BCUT2D eigenvalue weighted by molar-refractivity contribution is -0.125. The average molecular weight is 281 g/mol. The molecule has 0 unspecified atom stereocenters. The highest BCUT2D eigenvalue weighted by Gasteiger charge is 2.28. The van der Waals surface area contributed by atoms with Gasteiger partial charge in [0.1, 0.15) is 5.15 Å². The summed E-state index contributed by atoms with van der Waals surface area (Å²) in [6.45, 7) is 6.49. The van der Waals surface area contributed by atoms with Crippen molar-refractivity contribution in [3.8, 4) is 0 Å². The molecule has 0 radical (unpaired) electrons. The van der Waals surface area contributed by atoms with Crippen LogP contribution in [-0.4, -0.2) is 28.2 Å². The number of carbonyl (C=O) groups is 2. The third-order valence-corrected chi connectivity index (χ3v) is 3.32. The lowest BCUT2D eigenvalue weighted by Crippen LogP contribution is -2.32. The number of hydrogen-bond donors (Lipinski definition) is 0. The average Bonchev–Trinajstić information content (AvgIpc) is 2.72. The minimum atomic E-state index is -0.280. The molecule has 2 heterocycles. The molecule has 1 aliphatic heterocycles. The molecule has 0 aliphatic carbocycles. The van der Waals surface area contributed by atoms with Crippen molar-refractivity contribution >= 4 is 23.4 Å². The molecule has 1 aliphatic rings. The fourth-order valence-electron chi connectivity index (χ4n) is 2.02. The fraction of sp³-hybridized carbons (Fsp3) is 0.500. The highest BCUT2D eigenvalue weighted by Crippen LogP contribution is 2.24. The van der Waals surface area contributed by atoms with E-state index in [0.29, 0.717) is 18.5 Å². The molecule has 0 spiro atoms. The zero-order valence-corrected chi connectivity index (χ0v) is 12.1. The molecule has 1 aromatic heterocycles. The van der Waals surface area contributed by atoms with Gasteiger partial charge in [-0.3, -0.25) is 14.5 Å². The number of halogens is 1. The number of hydrogen-bond acceptors (Lipinski definition) is 3. The van der Waals surface area contributed by atoms with E-state index in [1.165, 1.54) is 11.0 Å². The van der Waals surface area contributed by atoms with Gasteiger partial charge in [-0.1, -0.05) is 32.4 Å². The van der Waals surface area contributed by atoms with Gasteiger partial charge in [0.05, 0.1) is 0 Å². The Labute approximate surface area is 117 Å². The maximum Gasteiger partial charge on any atom is 0.260 e. The van der Waals surface area contributed by atoms with Gasteiger partial charge in [-0.2, -0.15) is 0 Å². The summed E-state index contributed by atoms with van der Waals surface area (Å²) < 4.78 is 0. The number of carbonyl (C=O) groups excluding carboxylic acids is 2. The standard InChI is InChI=1S/C14H17ClN2O2/c1-14(2,3)10-7-9(8-11(15)16-10)13(19)17-6-4-5-12(17)18/h7-8H,4-6H2,1-3H3. The number of aromatic nitrogens is 1. The summed E-state index contributed by atoms with van der Waals surface area (Å²) >= 11 is 5.98. The van der Waals surface area contributed by atoms with Gasteiger partial charge in [0, 0.05) is 29.6 Å². The van der Waals surface area contributed by atoms with Gasteiger partial charge >= 0.3 is 0 Å². The minimum Gasteiger partial charge on any atom is -0.279 e. The van der Waals surface area contributed by atoms with Crippen LogP contribution in [0, 0.1) is 0 Å². The van der Waals surface area contributed by atoms with E-state index in [0.717, 1.165) is 12.1 Å². The number of likely N-dealkylation sites (tertiary alicyclic amines) is 1. The molecule has 0 atom stereocenters. The predicted octanol–water partition coefficient (Wildman–Crippen LogP) is 2.80. The largest absolute Gasteiger partial charge is 0.279 e. The Morgan fingerprint density at radius 1 is 1.37 bits per heavy atom. The summed E-state index contributed by atoms with van der Waals surface area (Å²) in [5, 5.41) is 0.280. The lowest BCUT2D eigenvalue weighted by atomic mass is 9.91. The Morgan fingerprint density at radius 3 is 2.58 bits per heavy atom. The molecule has 102 valence electrons. The van der Waals surface area contributed by atoms with Gasteiger partial charge in [0.15, 0.2) is 0 Å². The van der Waals surface area contributed by atoms with Crippen molar-refractivity contribution in [2.24, 2.45) is 0 Å². The topological polar surface area (TPSA) is 50.3 Å². The van der Waals surface area contributed by atoms with Crippen LogP contribution in [0.4, 0.5) is 0 Å². The maximum atomic E-state index is 12.3. The van der Waals surface area contributed by atoms with Crippen LogP contribution >= 0.6 is 11.6 Å². The van der Waals surface area contributed by atoms with E-state index < -0.39 is 0 Å². The third kappa shape index (κ3) is 2.95. The van der Waals surface area contributed by atoms with Gasteiger partial charge in [-0.05, 0) is 18.6 Å². The summed E-state index contributed by atoms with van der Waals surface area (Å²) in [7, 11) is 0. The number of nitrogens with zero attached hydrogens (tertiary/aromatic N) is 2. The van der Waals surface area contributed by atoms with Crippen LogP contribution < -0.4 is 0 Å². The van der Waals surface area contributed by atoms with Crippen LogP contribution in [0.3, 0.4) is 0 Å². The van der Waals surface area contributed by atoms with E-state index in [1.54, 1.807) is 6.07 Å². The first-order valence-electron chi connectivity index (χ1n) is 6.32. The Hall–Kier alpha value is -1.42. The Bertz CT molecular complexity index is 535. The molecule has 19 heavy (non-hydrogen) atoms. The number of rotatable bonds is 1. The summed E-state index contributed by atoms with van der Waals surface area (Å²) in [6.07, 6.45) is 1.17. The molecule has 0 N–H and O–H groups in total. The zero-order chi connectivity index (χ0) is 14.2. The molecule has 1 aromatic rings. The van der Waals surface area contributed by atoms with Crippen molar-refractivity contribution in [3.63, 3.8) is 0 Å². The molecule has 1 saturated heterocycles. The highest BCUT2D eigenvalue weighted by molar-refractivity contribution is 6.29. The second kappa shape index (κ2) is 4.93. The molecular weight excluding hydrogens is 264 g/mol. The predicted molar refractivity (Wildman–Crippen MR) is 73.2 cm³/mol. The Balaban J connectivity index is 2.37. The van der Waals surface area contributed by atoms with Gasteiger partial charge in [-0.25, -0.2) is 4.98 Å². The van der Waals surface area contributed by atoms with Crippen molar-refractivity contribution in [2.75, 3.05) is 6.54 Å². The molecule has 0 saturated carbocycles. The van der Waals surface area contributed by atoms with Crippen molar-refractivity contribution in [1.82, 2.24) is 9.88 Å². The van der Waals surface area contributed by atoms with Crippen LogP contribution in [0.1, 0.15) is 49.7 Å². The van der Waals surface area contributed by atoms with Crippen molar-refractivity contribution < 1.29 is 9.59 Å². The second-order valence-electron chi connectivity index (χ2n) is 5.77. The second-order valence-corrected chi connectivity index (χ2v) is 6.16. The van der Waals surface area contributed by atoms with E-state index >= 15 is 0 Å². The first-order valence-corrected chi connectivity index (χ1v) is 6.69. The number of imide groups is 1. The first kappa shape index (κ1) is 14.0. The van der Waals surface area contributed by atoms with Gasteiger partial charge in [-0.15, -0.1) is 0 Å². The lowest BCUT2D eigenvalue weighted by Gasteiger charge is -2.20. The van der Waals surface area contributed by atoms with E-state index in [4.69, 9.17) is 11.6 Å². The first-order chi connectivity index (χ1) is 8.79. The molecule has 5 heteroatoms. The van der Waals surface area contributed by atoms with Crippen molar-refractivity contribution in [1.29, 1.82) is 0 Å². The molecule has 0 bridgehead atoms. The van der Waals surface area contributed by atoms with Crippen LogP contribution in [-0.2, 0) is 10.2 Å². The quantitative estimate of drug-likeness (QED) is 0.587. The van der Waals surface area contributed by atoms with Gasteiger partial charge in [0.2, 0.25) is 5.91 Å². The molecule has 2 amide bonds. The summed E-state index contributed by atoms with van der Waals surface area (Å²) in [5.74, 6) is -0.396. The van der Waals surface area contributed by atoms with Gasteiger partial charge in [0.25, 0.3) is 5.91 Å². The van der Waals surface area contributed by atoms with Crippen LogP contribution in [0.25, 0.3) is 0 Å². The van der Waals surface area contributed by atoms with E-state index in [2.05, 4.69) is 4.98 Å². The normalized spacial score (nSPS) is 16.0.